The zero-order chi connectivity index (χ0) is 18.1. The maximum atomic E-state index is 11.7. The van der Waals surface area contributed by atoms with Gasteiger partial charge in [0.25, 0.3) is 11.6 Å². The second-order valence-electron chi connectivity index (χ2n) is 5.10. The molecule has 0 spiro atoms. The first-order valence-electron chi connectivity index (χ1n) is 7.61. The summed E-state index contributed by atoms with van der Waals surface area (Å²) in [6.45, 7) is 1.18. The van der Waals surface area contributed by atoms with E-state index in [2.05, 4.69) is 16.0 Å². The van der Waals surface area contributed by atoms with Crippen molar-refractivity contribution in [2.24, 2.45) is 0 Å². The molecule has 2 amide bonds. The van der Waals surface area contributed by atoms with E-state index in [1.165, 1.54) is 23.5 Å². The van der Waals surface area contributed by atoms with Crippen molar-refractivity contribution in [1.82, 2.24) is 10.6 Å². The van der Waals surface area contributed by atoms with Crippen LogP contribution in [0.1, 0.15) is 16.8 Å². The highest BCUT2D eigenvalue weighted by molar-refractivity contribution is 7.08. The number of thiophene rings is 1. The van der Waals surface area contributed by atoms with E-state index in [0.29, 0.717) is 18.7 Å². The zero-order valence-corrected chi connectivity index (χ0v) is 14.2. The van der Waals surface area contributed by atoms with E-state index in [1.807, 2.05) is 5.38 Å². The molecule has 25 heavy (non-hydrogen) atoms. The number of benzene rings is 1. The van der Waals surface area contributed by atoms with Crippen LogP contribution in [0.25, 0.3) is 0 Å². The van der Waals surface area contributed by atoms with Crippen molar-refractivity contribution in [2.45, 2.75) is 6.42 Å². The lowest BCUT2D eigenvalue weighted by molar-refractivity contribution is -0.384. The van der Waals surface area contributed by atoms with E-state index >= 15 is 0 Å². The van der Waals surface area contributed by atoms with Crippen LogP contribution < -0.4 is 16.0 Å². The molecule has 9 heteroatoms. The first-order valence-corrected chi connectivity index (χ1v) is 8.56. The monoisotopic (exact) mass is 362 g/mol. The second kappa shape index (κ2) is 9.38. The van der Waals surface area contributed by atoms with Gasteiger partial charge in [-0.1, -0.05) is 0 Å². The van der Waals surface area contributed by atoms with E-state index in [-0.39, 0.29) is 30.5 Å². The summed E-state index contributed by atoms with van der Waals surface area (Å²) >= 11 is 1.44. The number of carbonyl (C=O) groups excluding carboxylic acids is 2. The van der Waals surface area contributed by atoms with Gasteiger partial charge >= 0.3 is 0 Å². The molecule has 0 aliphatic heterocycles. The molecule has 2 rings (SSSR count). The van der Waals surface area contributed by atoms with Gasteiger partial charge in [0.05, 0.1) is 4.92 Å². The first kappa shape index (κ1) is 18.4. The van der Waals surface area contributed by atoms with Gasteiger partial charge in [0, 0.05) is 54.8 Å². The molecule has 0 unspecified atom stereocenters. The van der Waals surface area contributed by atoms with E-state index < -0.39 is 4.92 Å². The van der Waals surface area contributed by atoms with Gasteiger partial charge < -0.3 is 16.0 Å². The predicted molar refractivity (Wildman–Crippen MR) is 95.9 cm³/mol. The van der Waals surface area contributed by atoms with Gasteiger partial charge in [0.2, 0.25) is 5.91 Å². The molecule has 0 radical (unpaired) electrons. The third kappa shape index (κ3) is 6.22. The van der Waals surface area contributed by atoms with E-state index in [9.17, 15) is 19.7 Å². The van der Waals surface area contributed by atoms with Crippen molar-refractivity contribution in [3.8, 4) is 0 Å². The highest BCUT2D eigenvalue weighted by atomic mass is 32.1. The molecule has 8 nitrogen and oxygen atoms in total. The Morgan fingerprint density at radius 3 is 2.44 bits per heavy atom. The van der Waals surface area contributed by atoms with Gasteiger partial charge in [-0.05, 0) is 23.6 Å². The van der Waals surface area contributed by atoms with Crippen LogP contribution in [-0.2, 0) is 4.79 Å². The van der Waals surface area contributed by atoms with Gasteiger partial charge in [0.15, 0.2) is 0 Å². The van der Waals surface area contributed by atoms with Gasteiger partial charge in [-0.25, -0.2) is 0 Å². The highest BCUT2D eigenvalue weighted by Crippen LogP contribution is 2.14. The lowest BCUT2D eigenvalue weighted by Crippen LogP contribution is -2.32. The van der Waals surface area contributed by atoms with Gasteiger partial charge in [-0.3, -0.25) is 19.7 Å². The third-order valence-electron chi connectivity index (χ3n) is 3.28. The molecule has 0 saturated heterocycles. The minimum Gasteiger partial charge on any atom is -0.383 e. The molecule has 0 aliphatic rings. The Bertz CT molecular complexity index is 716. The van der Waals surface area contributed by atoms with Crippen LogP contribution >= 0.6 is 11.3 Å². The Labute approximate surface area is 148 Å². The van der Waals surface area contributed by atoms with Gasteiger partial charge in [0.1, 0.15) is 0 Å². The Hall–Kier alpha value is -2.94. The first-order chi connectivity index (χ1) is 12.1. The maximum absolute atomic E-state index is 11.7. The molecule has 2 aromatic rings. The number of nitrogens with one attached hydrogen (secondary N) is 3. The maximum Gasteiger partial charge on any atom is 0.269 e. The molecule has 1 heterocycles. The van der Waals surface area contributed by atoms with Crippen LogP contribution in [0.5, 0.6) is 0 Å². The molecule has 3 N–H and O–H groups in total. The Kier molecular flexibility index (Phi) is 6.90. The summed E-state index contributed by atoms with van der Waals surface area (Å²) in [5, 5.41) is 22.6. The van der Waals surface area contributed by atoms with Crippen molar-refractivity contribution in [3.63, 3.8) is 0 Å². The molecule has 0 fully saturated rings. The predicted octanol–water partition coefficient (Wildman–Crippen LogP) is 2.00. The molecule has 1 aromatic carbocycles. The quantitative estimate of drug-likeness (QED) is 0.359. The minimum atomic E-state index is -0.457. The summed E-state index contributed by atoms with van der Waals surface area (Å²) in [7, 11) is 0. The number of carbonyl (C=O) groups is 2. The fraction of sp³-hybridized carbons (Fsp3) is 0.250. The summed E-state index contributed by atoms with van der Waals surface area (Å²) in [4.78, 5) is 33.5. The average molecular weight is 362 g/mol. The number of nitrogens with zero attached hydrogens (tertiary/aromatic N) is 1. The van der Waals surface area contributed by atoms with Crippen LogP contribution in [-0.4, -0.2) is 36.4 Å². The Balaban J connectivity index is 1.57. The molecule has 132 valence electrons. The number of nitro groups is 1. The number of anilines is 1. The molecular weight excluding hydrogens is 344 g/mol. The van der Waals surface area contributed by atoms with Crippen LogP contribution in [0.15, 0.2) is 41.1 Å². The molecule has 0 saturated carbocycles. The van der Waals surface area contributed by atoms with Crippen LogP contribution in [0.3, 0.4) is 0 Å². The number of rotatable bonds is 9. The van der Waals surface area contributed by atoms with Crippen molar-refractivity contribution in [1.29, 1.82) is 0 Å². The minimum absolute atomic E-state index is 0.0309. The highest BCUT2D eigenvalue weighted by Gasteiger charge is 2.07. The number of nitro benzene ring substituents is 1. The topological polar surface area (TPSA) is 113 Å². The van der Waals surface area contributed by atoms with E-state index in [0.717, 1.165) is 5.69 Å². The summed E-state index contributed by atoms with van der Waals surface area (Å²) in [6.07, 6.45) is 0.202. The fourth-order valence-corrected chi connectivity index (χ4v) is 2.62. The lowest BCUT2D eigenvalue weighted by atomic mass is 10.3. The number of amides is 2. The Morgan fingerprint density at radius 2 is 1.80 bits per heavy atom. The fourth-order valence-electron chi connectivity index (χ4n) is 1.98. The molecule has 0 atom stereocenters. The summed E-state index contributed by atoms with van der Waals surface area (Å²) in [5.41, 5.74) is 1.36. The Morgan fingerprint density at radius 1 is 1.04 bits per heavy atom. The number of hydrogen-bond donors (Lipinski definition) is 3. The lowest BCUT2D eigenvalue weighted by Gasteiger charge is -2.08. The molecular formula is C16H18N4O4S. The van der Waals surface area contributed by atoms with Gasteiger partial charge in [-0.15, -0.1) is 0 Å². The molecule has 1 aromatic heterocycles. The summed E-state index contributed by atoms with van der Waals surface area (Å²) in [5.74, 6) is -0.343. The summed E-state index contributed by atoms with van der Waals surface area (Å²) < 4.78 is 0. The zero-order valence-electron chi connectivity index (χ0n) is 13.4. The normalized spacial score (nSPS) is 10.1. The van der Waals surface area contributed by atoms with Gasteiger partial charge in [-0.2, -0.15) is 11.3 Å². The van der Waals surface area contributed by atoms with E-state index in [4.69, 9.17) is 0 Å². The second-order valence-corrected chi connectivity index (χ2v) is 5.88. The van der Waals surface area contributed by atoms with Crippen LogP contribution in [0, 0.1) is 10.1 Å². The molecule has 0 aliphatic carbocycles. The van der Waals surface area contributed by atoms with Crippen molar-refractivity contribution < 1.29 is 14.5 Å². The molecule has 0 bridgehead atoms. The SMILES string of the molecule is O=C(CCNC(=O)c1ccsc1)NCCNc1ccc([N+](=O)[O-])cc1. The van der Waals surface area contributed by atoms with Crippen LogP contribution in [0.2, 0.25) is 0 Å². The largest absolute Gasteiger partial charge is 0.383 e. The number of hydrogen-bond acceptors (Lipinski definition) is 6. The van der Waals surface area contributed by atoms with Crippen LogP contribution in [0.4, 0.5) is 11.4 Å². The average Bonchev–Trinajstić information content (AvgIpc) is 3.14. The summed E-state index contributed by atoms with van der Waals surface area (Å²) in [6, 6.07) is 7.78. The number of non-ortho nitro benzene ring substituents is 1. The smallest absolute Gasteiger partial charge is 0.269 e. The van der Waals surface area contributed by atoms with Crippen molar-refractivity contribution in [3.05, 3.63) is 56.8 Å². The third-order valence-corrected chi connectivity index (χ3v) is 3.96. The van der Waals surface area contributed by atoms with E-state index in [1.54, 1.807) is 23.6 Å². The van der Waals surface area contributed by atoms with Crippen molar-refractivity contribution >= 4 is 34.5 Å². The van der Waals surface area contributed by atoms with Crippen molar-refractivity contribution in [2.75, 3.05) is 25.0 Å². The standard InChI is InChI=1S/C16H18N4O4S/c21-15(5-7-19-16(22)12-6-10-25-11-12)18-9-8-17-13-1-3-14(4-2-13)20(23)24/h1-4,6,10-11,17H,5,7-9H2,(H,18,21)(H,19,22).